The summed E-state index contributed by atoms with van der Waals surface area (Å²) in [6.45, 7) is 10.3. The van der Waals surface area contributed by atoms with Crippen LogP contribution < -0.4 is 10.6 Å². The molecule has 0 spiro atoms. The minimum absolute atomic E-state index is 0.0830. The first-order chi connectivity index (χ1) is 12.2. The van der Waals surface area contributed by atoms with E-state index in [1.807, 2.05) is 0 Å². The number of hydrogen-bond donors (Lipinski definition) is 2. The van der Waals surface area contributed by atoms with Gasteiger partial charge in [-0.25, -0.2) is 8.42 Å². The summed E-state index contributed by atoms with van der Waals surface area (Å²) in [6, 6.07) is 0.672. The number of sulfone groups is 1. The summed E-state index contributed by atoms with van der Waals surface area (Å²) in [5.41, 5.74) is 0.0830. The fraction of sp³-hybridized carbons (Fsp3) is 0.947. The molecule has 0 amide bonds. The summed E-state index contributed by atoms with van der Waals surface area (Å²) in [7, 11) is -2.85. The SMILES string of the molecule is CCC(C)NC(=NCC1CCS(=O)(=O)C1)NC1C2CCCOC2C1(C)C. The summed E-state index contributed by atoms with van der Waals surface area (Å²) >= 11 is 0. The Morgan fingerprint density at radius 1 is 1.35 bits per heavy atom. The highest BCUT2D eigenvalue weighted by Gasteiger charge is 2.58. The molecule has 26 heavy (non-hydrogen) atoms. The highest BCUT2D eigenvalue weighted by atomic mass is 32.2. The highest BCUT2D eigenvalue weighted by molar-refractivity contribution is 7.91. The molecule has 6 nitrogen and oxygen atoms in total. The van der Waals surface area contributed by atoms with Crippen LogP contribution in [0.5, 0.6) is 0 Å². The highest BCUT2D eigenvalue weighted by Crippen LogP contribution is 2.51. The molecule has 3 aliphatic rings. The van der Waals surface area contributed by atoms with E-state index in [4.69, 9.17) is 9.73 Å². The molecule has 0 aromatic carbocycles. The Hall–Kier alpha value is -0.820. The molecule has 7 heteroatoms. The number of rotatable bonds is 5. The Kier molecular flexibility index (Phi) is 5.87. The second kappa shape index (κ2) is 7.66. The first kappa shape index (κ1) is 19.9. The van der Waals surface area contributed by atoms with Gasteiger partial charge < -0.3 is 15.4 Å². The molecule has 2 aliphatic heterocycles. The van der Waals surface area contributed by atoms with Crippen LogP contribution >= 0.6 is 0 Å². The second-order valence-corrected chi connectivity index (χ2v) is 11.2. The molecule has 1 saturated carbocycles. The number of nitrogens with zero attached hydrogens (tertiary/aromatic N) is 1. The van der Waals surface area contributed by atoms with Crippen molar-refractivity contribution in [1.82, 2.24) is 10.6 Å². The van der Waals surface area contributed by atoms with Crippen LogP contribution in [0.1, 0.15) is 53.4 Å². The summed E-state index contributed by atoms with van der Waals surface area (Å²) in [6.07, 6.45) is 4.40. The maximum atomic E-state index is 11.7. The molecule has 1 aliphatic carbocycles. The molecule has 5 unspecified atom stereocenters. The van der Waals surface area contributed by atoms with Crippen molar-refractivity contribution >= 4 is 15.8 Å². The Morgan fingerprint density at radius 3 is 2.77 bits per heavy atom. The maximum Gasteiger partial charge on any atom is 0.191 e. The van der Waals surface area contributed by atoms with Crippen LogP contribution in [0.2, 0.25) is 0 Å². The van der Waals surface area contributed by atoms with Gasteiger partial charge >= 0.3 is 0 Å². The quantitative estimate of drug-likeness (QED) is 0.559. The maximum absolute atomic E-state index is 11.7. The van der Waals surface area contributed by atoms with Crippen molar-refractivity contribution in [3.63, 3.8) is 0 Å². The molecule has 0 aromatic rings. The predicted molar refractivity (Wildman–Crippen MR) is 105 cm³/mol. The van der Waals surface area contributed by atoms with Crippen LogP contribution in [0.15, 0.2) is 4.99 Å². The molecule has 3 rings (SSSR count). The molecular weight excluding hydrogens is 350 g/mol. The van der Waals surface area contributed by atoms with Gasteiger partial charge in [0, 0.05) is 36.6 Å². The molecule has 150 valence electrons. The van der Waals surface area contributed by atoms with Crippen molar-refractivity contribution < 1.29 is 13.2 Å². The fourth-order valence-electron chi connectivity index (χ4n) is 4.67. The molecule has 0 bridgehead atoms. The topological polar surface area (TPSA) is 79.8 Å². The van der Waals surface area contributed by atoms with E-state index in [1.165, 1.54) is 6.42 Å². The Bertz CT molecular complexity index is 632. The standard InChI is InChI=1S/C19H35N3O3S/c1-5-13(2)21-18(20-11-14-8-10-26(23,24)12-14)22-16-15-7-6-9-25-17(15)19(16,3)4/h13-17H,5-12H2,1-4H3,(H2,20,21,22). The molecule has 0 radical (unpaired) electrons. The summed E-state index contributed by atoms with van der Waals surface area (Å²) in [5, 5.41) is 7.15. The third-order valence-electron chi connectivity index (χ3n) is 6.45. The zero-order chi connectivity index (χ0) is 18.9. The van der Waals surface area contributed by atoms with Gasteiger partial charge in [-0.05, 0) is 38.5 Å². The minimum Gasteiger partial charge on any atom is -0.377 e. The Balaban J connectivity index is 1.67. The van der Waals surface area contributed by atoms with E-state index in [-0.39, 0.29) is 17.1 Å². The summed E-state index contributed by atoms with van der Waals surface area (Å²) < 4.78 is 29.4. The average Bonchev–Trinajstić information content (AvgIpc) is 2.95. The van der Waals surface area contributed by atoms with E-state index in [9.17, 15) is 8.42 Å². The van der Waals surface area contributed by atoms with E-state index in [2.05, 4.69) is 38.3 Å². The monoisotopic (exact) mass is 385 g/mol. The van der Waals surface area contributed by atoms with E-state index < -0.39 is 9.84 Å². The van der Waals surface area contributed by atoms with Crippen LogP contribution in [0, 0.1) is 17.3 Å². The lowest BCUT2D eigenvalue weighted by Gasteiger charge is -2.60. The minimum atomic E-state index is -2.85. The zero-order valence-electron chi connectivity index (χ0n) is 16.6. The van der Waals surface area contributed by atoms with E-state index in [1.54, 1.807) is 0 Å². The molecule has 5 atom stereocenters. The molecule has 3 fully saturated rings. The zero-order valence-corrected chi connectivity index (χ0v) is 17.4. The van der Waals surface area contributed by atoms with Gasteiger partial charge in [0.05, 0.1) is 17.6 Å². The van der Waals surface area contributed by atoms with Crippen LogP contribution in [0.3, 0.4) is 0 Å². The van der Waals surface area contributed by atoms with Gasteiger partial charge in [0.1, 0.15) is 0 Å². The number of aliphatic imine (C=N–C) groups is 1. The Morgan fingerprint density at radius 2 is 2.12 bits per heavy atom. The van der Waals surface area contributed by atoms with Crippen molar-refractivity contribution in [3.8, 4) is 0 Å². The molecule has 2 saturated heterocycles. The number of ether oxygens (including phenoxy) is 1. The van der Waals surface area contributed by atoms with Crippen LogP contribution in [0.25, 0.3) is 0 Å². The Labute approximate surface area is 158 Å². The van der Waals surface area contributed by atoms with Gasteiger partial charge in [-0.15, -0.1) is 0 Å². The first-order valence-electron chi connectivity index (χ1n) is 10.1. The largest absolute Gasteiger partial charge is 0.377 e. The van der Waals surface area contributed by atoms with Crippen LogP contribution in [0.4, 0.5) is 0 Å². The molecular formula is C19H35N3O3S. The van der Waals surface area contributed by atoms with Gasteiger partial charge in [0.25, 0.3) is 0 Å². The lowest BCUT2D eigenvalue weighted by atomic mass is 9.55. The van der Waals surface area contributed by atoms with Crippen molar-refractivity contribution in [2.45, 2.75) is 71.6 Å². The molecule has 2 heterocycles. The lowest BCUT2D eigenvalue weighted by Crippen LogP contribution is -2.71. The predicted octanol–water partition coefficient (Wildman–Crippen LogP) is 1.96. The van der Waals surface area contributed by atoms with E-state index in [0.29, 0.717) is 36.4 Å². The van der Waals surface area contributed by atoms with E-state index >= 15 is 0 Å². The average molecular weight is 386 g/mol. The summed E-state index contributed by atoms with van der Waals surface area (Å²) in [5.74, 6) is 2.10. The van der Waals surface area contributed by atoms with Crippen molar-refractivity contribution in [1.29, 1.82) is 0 Å². The molecule has 2 N–H and O–H groups in total. The lowest BCUT2D eigenvalue weighted by molar-refractivity contribution is -0.188. The number of fused-ring (bicyclic) bond motifs is 1. The van der Waals surface area contributed by atoms with E-state index in [0.717, 1.165) is 31.8 Å². The van der Waals surface area contributed by atoms with Crippen LogP contribution in [-0.4, -0.2) is 57.2 Å². The van der Waals surface area contributed by atoms with Gasteiger partial charge in [0.2, 0.25) is 0 Å². The number of nitrogens with one attached hydrogen (secondary N) is 2. The molecule has 0 aromatic heterocycles. The fourth-order valence-corrected chi connectivity index (χ4v) is 6.52. The summed E-state index contributed by atoms with van der Waals surface area (Å²) in [4.78, 5) is 4.77. The van der Waals surface area contributed by atoms with Gasteiger partial charge in [0.15, 0.2) is 15.8 Å². The van der Waals surface area contributed by atoms with Gasteiger partial charge in [-0.1, -0.05) is 20.8 Å². The third kappa shape index (κ3) is 4.19. The number of guanidine groups is 1. The van der Waals surface area contributed by atoms with Crippen LogP contribution in [-0.2, 0) is 14.6 Å². The smallest absolute Gasteiger partial charge is 0.191 e. The van der Waals surface area contributed by atoms with Crippen molar-refractivity contribution in [2.75, 3.05) is 24.7 Å². The van der Waals surface area contributed by atoms with Gasteiger partial charge in [-0.2, -0.15) is 0 Å². The second-order valence-electron chi connectivity index (χ2n) is 8.95. The number of hydrogen-bond acceptors (Lipinski definition) is 4. The van der Waals surface area contributed by atoms with Crippen molar-refractivity contribution in [2.24, 2.45) is 22.2 Å². The first-order valence-corrected chi connectivity index (χ1v) is 11.9. The third-order valence-corrected chi connectivity index (χ3v) is 8.29. The normalized spacial score (nSPS) is 36.7. The van der Waals surface area contributed by atoms with Crippen molar-refractivity contribution in [3.05, 3.63) is 0 Å². The van der Waals surface area contributed by atoms with Gasteiger partial charge in [-0.3, -0.25) is 4.99 Å².